The van der Waals surface area contributed by atoms with Gasteiger partial charge < -0.3 is 5.32 Å². The maximum absolute atomic E-state index is 12.3. The van der Waals surface area contributed by atoms with Crippen molar-refractivity contribution in [3.05, 3.63) is 34.8 Å². The van der Waals surface area contributed by atoms with Gasteiger partial charge in [0.1, 0.15) is 4.90 Å². The van der Waals surface area contributed by atoms with Crippen LogP contribution in [-0.4, -0.2) is 37.8 Å². The molecule has 116 valence electrons. The molecule has 0 fully saturated rings. The van der Waals surface area contributed by atoms with E-state index in [0.29, 0.717) is 13.0 Å². The fraction of sp³-hybridized carbons (Fsp3) is 0.462. The van der Waals surface area contributed by atoms with E-state index in [2.05, 4.69) is 15.1 Å². The number of rotatable bonds is 8. The topological polar surface area (TPSA) is 76.0 Å². The average molecular weight is 328 g/mol. The van der Waals surface area contributed by atoms with E-state index in [9.17, 15) is 8.42 Å². The van der Waals surface area contributed by atoms with E-state index < -0.39 is 10.0 Å². The van der Waals surface area contributed by atoms with Crippen LogP contribution in [0.3, 0.4) is 0 Å². The largest absolute Gasteiger partial charge is 0.318 e. The second-order valence-corrected chi connectivity index (χ2v) is 7.59. The van der Waals surface area contributed by atoms with Crippen molar-refractivity contribution in [3.63, 3.8) is 0 Å². The number of hydrogen-bond donors (Lipinski definition) is 2. The highest BCUT2D eigenvalue weighted by atomic mass is 32.2. The molecule has 0 aliphatic rings. The van der Waals surface area contributed by atoms with Crippen LogP contribution in [-0.2, 0) is 23.0 Å². The Labute approximate surface area is 129 Å². The van der Waals surface area contributed by atoms with Crippen molar-refractivity contribution in [1.29, 1.82) is 0 Å². The molecule has 0 radical (unpaired) electrons. The Kier molecular flexibility index (Phi) is 5.51. The van der Waals surface area contributed by atoms with E-state index >= 15 is 0 Å². The van der Waals surface area contributed by atoms with E-state index in [1.54, 1.807) is 22.2 Å². The van der Waals surface area contributed by atoms with Crippen LogP contribution in [0, 0.1) is 0 Å². The van der Waals surface area contributed by atoms with Gasteiger partial charge in [-0.25, -0.2) is 13.1 Å². The first-order valence-electron chi connectivity index (χ1n) is 6.73. The Morgan fingerprint density at radius 2 is 2.29 bits per heavy atom. The summed E-state index contributed by atoms with van der Waals surface area (Å²) in [5.41, 5.74) is 0. The Morgan fingerprint density at radius 3 is 2.95 bits per heavy atom. The summed E-state index contributed by atoms with van der Waals surface area (Å²) in [4.78, 5) is 1.37. The van der Waals surface area contributed by atoms with Gasteiger partial charge in [0.15, 0.2) is 0 Å². The minimum absolute atomic E-state index is 0.158. The first-order valence-corrected chi connectivity index (χ1v) is 9.09. The van der Waals surface area contributed by atoms with Crippen molar-refractivity contribution < 1.29 is 8.42 Å². The summed E-state index contributed by atoms with van der Waals surface area (Å²) in [6.45, 7) is 3.24. The fourth-order valence-corrected chi connectivity index (χ4v) is 3.97. The molecule has 0 amide bonds. The summed E-state index contributed by atoms with van der Waals surface area (Å²) in [5.74, 6) is 0. The van der Waals surface area contributed by atoms with Crippen LogP contribution in [0.2, 0.25) is 0 Å². The lowest BCUT2D eigenvalue weighted by Gasteiger charge is -2.12. The number of hydrogen-bond acceptors (Lipinski definition) is 5. The van der Waals surface area contributed by atoms with Gasteiger partial charge in [-0.2, -0.15) is 5.10 Å². The van der Waals surface area contributed by atoms with Crippen molar-refractivity contribution in [1.82, 2.24) is 19.8 Å². The van der Waals surface area contributed by atoms with Gasteiger partial charge in [-0.3, -0.25) is 4.68 Å². The van der Waals surface area contributed by atoms with Crippen molar-refractivity contribution in [3.8, 4) is 0 Å². The molecule has 0 saturated heterocycles. The molecule has 2 rings (SSSR count). The lowest BCUT2D eigenvalue weighted by atomic mass is 10.2. The summed E-state index contributed by atoms with van der Waals surface area (Å²) in [6, 6.07) is 3.81. The minimum atomic E-state index is -3.52. The highest BCUT2D eigenvalue weighted by Crippen LogP contribution is 2.13. The first-order chi connectivity index (χ1) is 10.0. The van der Waals surface area contributed by atoms with Gasteiger partial charge in [0.25, 0.3) is 0 Å². The quantitative estimate of drug-likeness (QED) is 0.760. The normalized spacial score (nSPS) is 13.4. The lowest BCUT2D eigenvalue weighted by molar-refractivity contribution is 0.559. The van der Waals surface area contributed by atoms with E-state index in [1.165, 1.54) is 6.20 Å². The zero-order valence-electron chi connectivity index (χ0n) is 12.1. The third-order valence-corrected chi connectivity index (χ3v) is 5.40. The number of nitrogens with zero attached hydrogens (tertiary/aromatic N) is 2. The second kappa shape index (κ2) is 7.17. The molecule has 0 aliphatic carbocycles. The number of aromatic nitrogens is 2. The molecule has 2 N–H and O–H groups in total. The average Bonchev–Trinajstić information content (AvgIpc) is 3.06. The van der Waals surface area contributed by atoms with Crippen molar-refractivity contribution in [2.24, 2.45) is 0 Å². The number of sulfonamides is 1. The monoisotopic (exact) mass is 328 g/mol. The molecule has 1 atom stereocenters. The highest BCUT2D eigenvalue weighted by Gasteiger charge is 2.19. The molecule has 0 aromatic carbocycles. The molecule has 8 heteroatoms. The van der Waals surface area contributed by atoms with E-state index in [-0.39, 0.29) is 10.9 Å². The Bertz CT molecular complexity index is 650. The molecule has 0 saturated carbocycles. The van der Waals surface area contributed by atoms with Gasteiger partial charge in [-0.05, 0) is 31.8 Å². The summed E-state index contributed by atoms with van der Waals surface area (Å²) >= 11 is 1.63. The van der Waals surface area contributed by atoms with Crippen molar-refractivity contribution in [2.45, 2.75) is 30.8 Å². The molecule has 0 bridgehead atoms. The predicted octanol–water partition coefficient (Wildman–Crippen LogP) is 1.07. The molecule has 2 aromatic rings. The SMILES string of the molecule is CNCCn1cc(S(=O)(=O)NC(C)Cc2cccs2)cn1. The zero-order valence-corrected chi connectivity index (χ0v) is 13.7. The van der Waals surface area contributed by atoms with E-state index in [0.717, 1.165) is 11.4 Å². The van der Waals surface area contributed by atoms with Gasteiger partial charge in [0.05, 0.1) is 12.7 Å². The molecule has 2 aromatic heterocycles. The first kappa shape index (κ1) is 16.2. The van der Waals surface area contributed by atoms with Gasteiger partial charge in [0.2, 0.25) is 10.0 Å². The van der Waals surface area contributed by atoms with Crippen LogP contribution in [0.1, 0.15) is 11.8 Å². The van der Waals surface area contributed by atoms with Crippen LogP contribution in [0.4, 0.5) is 0 Å². The Hall–Kier alpha value is -1.22. The summed E-state index contributed by atoms with van der Waals surface area (Å²) in [7, 11) is -1.67. The Balaban J connectivity index is 1.98. The van der Waals surface area contributed by atoms with Crippen molar-refractivity contribution in [2.75, 3.05) is 13.6 Å². The number of thiophene rings is 1. The van der Waals surface area contributed by atoms with Crippen LogP contribution < -0.4 is 10.0 Å². The number of likely N-dealkylation sites (N-methyl/N-ethyl adjacent to an activating group) is 1. The van der Waals surface area contributed by atoms with E-state index in [1.807, 2.05) is 31.5 Å². The second-order valence-electron chi connectivity index (χ2n) is 4.85. The minimum Gasteiger partial charge on any atom is -0.318 e. The van der Waals surface area contributed by atoms with Crippen molar-refractivity contribution >= 4 is 21.4 Å². The van der Waals surface area contributed by atoms with Crippen LogP contribution in [0.25, 0.3) is 0 Å². The van der Waals surface area contributed by atoms with Gasteiger partial charge in [0, 0.05) is 23.7 Å². The predicted molar refractivity (Wildman–Crippen MR) is 84.0 cm³/mol. The molecule has 0 aliphatic heterocycles. The van der Waals surface area contributed by atoms with Crippen LogP contribution in [0.5, 0.6) is 0 Å². The molecular formula is C13H20N4O2S2. The molecule has 1 unspecified atom stereocenters. The summed E-state index contributed by atoms with van der Waals surface area (Å²) < 4.78 is 28.9. The molecule has 6 nitrogen and oxygen atoms in total. The maximum Gasteiger partial charge on any atom is 0.243 e. The van der Waals surface area contributed by atoms with Gasteiger partial charge in [-0.15, -0.1) is 11.3 Å². The van der Waals surface area contributed by atoms with Gasteiger partial charge >= 0.3 is 0 Å². The van der Waals surface area contributed by atoms with Crippen LogP contribution >= 0.6 is 11.3 Å². The maximum atomic E-state index is 12.3. The molecule has 2 heterocycles. The molecular weight excluding hydrogens is 308 g/mol. The smallest absolute Gasteiger partial charge is 0.243 e. The fourth-order valence-electron chi connectivity index (χ4n) is 1.94. The highest BCUT2D eigenvalue weighted by molar-refractivity contribution is 7.89. The third kappa shape index (κ3) is 4.63. The van der Waals surface area contributed by atoms with Gasteiger partial charge in [-0.1, -0.05) is 6.07 Å². The number of nitrogens with one attached hydrogen (secondary N) is 2. The van der Waals surface area contributed by atoms with E-state index in [4.69, 9.17) is 0 Å². The summed E-state index contributed by atoms with van der Waals surface area (Å²) in [5, 5.41) is 9.05. The lowest BCUT2D eigenvalue weighted by Crippen LogP contribution is -2.33. The zero-order chi connectivity index (χ0) is 15.3. The third-order valence-electron chi connectivity index (χ3n) is 2.95. The van der Waals surface area contributed by atoms with Crippen LogP contribution in [0.15, 0.2) is 34.8 Å². The molecule has 0 spiro atoms. The molecule has 21 heavy (non-hydrogen) atoms. The summed E-state index contributed by atoms with van der Waals surface area (Å²) in [6.07, 6.45) is 3.62. The standard InChI is InChI=1S/C13H20N4O2S2/c1-11(8-12-4-3-7-20-12)16-21(18,19)13-9-15-17(10-13)6-5-14-2/h3-4,7,9-11,14,16H,5-6,8H2,1-2H3. The Morgan fingerprint density at radius 1 is 1.48 bits per heavy atom.